The molecular formula is C14H16O4S. The van der Waals surface area contributed by atoms with Crippen LogP contribution >= 0.6 is 11.8 Å². The van der Waals surface area contributed by atoms with Crippen LogP contribution in [0.5, 0.6) is 11.5 Å². The summed E-state index contributed by atoms with van der Waals surface area (Å²) in [5.41, 5.74) is -0.518. The van der Waals surface area contributed by atoms with Crippen LogP contribution in [0, 0.1) is 0 Å². The van der Waals surface area contributed by atoms with Crippen LogP contribution in [0.4, 0.5) is 0 Å². The minimum absolute atomic E-state index is 0.233. The molecule has 0 radical (unpaired) electrons. The number of hydrogen-bond acceptors (Lipinski definition) is 5. The first-order valence-corrected chi connectivity index (χ1v) is 6.66. The van der Waals surface area contributed by atoms with Crippen LogP contribution in [0.25, 0.3) is 0 Å². The van der Waals surface area contributed by atoms with E-state index in [9.17, 15) is 4.79 Å². The number of carbonyl (C=O) groups excluding carboxylic acids is 1. The van der Waals surface area contributed by atoms with Crippen LogP contribution < -0.4 is 9.47 Å². The van der Waals surface area contributed by atoms with Gasteiger partial charge in [-0.15, -0.1) is 0 Å². The van der Waals surface area contributed by atoms with Gasteiger partial charge in [0.05, 0.1) is 4.91 Å². The van der Waals surface area contributed by atoms with Gasteiger partial charge in [0.25, 0.3) is 0 Å². The van der Waals surface area contributed by atoms with Gasteiger partial charge in [-0.2, -0.15) is 0 Å². The molecule has 1 aromatic rings. The first-order chi connectivity index (χ1) is 8.85. The van der Waals surface area contributed by atoms with Crippen molar-refractivity contribution in [1.82, 2.24) is 0 Å². The van der Waals surface area contributed by atoms with Crippen molar-refractivity contribution in [2.45, 2.75) is 31.3 Å². The summed E-state index contributed by atoms with van der Waals surface area (Å²) >= 11 is 1.25. The molecule has 5 heteroatoms. The van der Waals surface area contributed by atoms with Crippen LogP contribution in [-0.2, 0) is 9.53 Å². The van der Waals surface area contributed by atoms with Crippen molar-refractivity contribution in [1.29, 1.82) is 0 Å². The van der Waals surface area contributed by atoms with E-state index in [2.05, 4.69) is 6.58 Å². The maximum atomic E-state index is 11.8. The summed E-state index contributed by atoms with van der Waals surface area (Å²) in [5.74, 6) is 0.990. The van der Waals surface area contributed by atoms with Gasteiger partial charge in [0.15, 0.2) is 11.5 Å². The molecule has 0 saturated carbocycles. The molecule has 0 aromatic heterocycles. The van der Waals surface area contributed by atoms with Crippen LogP contribution in [-0.4, -0.2) is 18.4 Å². The van der Waals surface area contributed by atoms with Crippen molar-refractivity contribution < 1.29 is 19.0 Å². The number of thioether (sulfide) groups is 1. The molecule has 0 atom stereocenters. The average molecular weight is 280 g/mol. The highest BCUT2D eigenvalue weighted by Crippen LogP contribution is 2.37. The van der Waals surface area contributed by atoms with E-state index in [-0.39, 0.29) is 6.79 Å². The predicted octanol–water partition coefficient (Wildman–Crippen LogP) is 3.36. The Morgan fingerprint density at radius 2 is 2.00 bits per heavy atom. The molecule has 19 heavy (non-hydrogen) atoms. The summed E-state index contributed by atoms with van der Waals surface area (Å²) in [6.45, 7) is 9.45. The highest BCUT2D eigenvalue weighted by molar-refractivity contribution is 8.04. The molecular weight excluding hydrogens is 264 g/mol. The molecule has 0 bridgehead atoms. The maximum Gasteiger partial charge on any atom is 0.344 e. The van der Waals surface area contributed by atoms with Crippen molar-refractivity contribution in [2.75, 3.05) is 6.79 Å². The molecule has 0 aliphatic carbocycles. The molecule has 1 aliphatic heterocycles. The van der Waals surface area contributed by atoms with Gasteiger partial charge in [-0.1, -0.05) is 18.3 Å². The summed E-state index contributed by atoms with van der Waals surface area (Å²) < 4.78 is 15.8. The van der Waals surface area contributed by atoms with E-state index in [1.165, 1.54) is 11.8 Å². The van der Waals surface area contributed by atoms with E-state index in [4.69, 9.17) is 14.2 Å². The van der Waals surface area contributed by atoms with Gasteiger partial charge in [0.1, 0.15) is 5.60 Å². The van der Waals surface area contributed by atoms with E-state index in [0.717, 1.165) is 4.90 Å². The second-order valence-corrected chi connectivity index (χ2v) is 6.21. The molecule has 0 amide bonds. The Balaban J connectivity index is 2.01. The molecule has 0 spiro atoms. The van der Waals surface area contributed by atoms with E-state index in [1.54, 1.807) is 0 Å². The fourth-order valence-corrected chi connectivity index (χ4v) is 2.17. The molecule has 1 heterocycles. The Bertz CT molecular complexity index is 517. The third-order valence-corrected chi connectivity index (χ3v) is 3.11. The van der Waals surface area contributed by atoms with Crippen molar-refractivity contribution in [3.8, 4) is 11.5 Å². The van der Waals surface area contributed by atoms with Crippen molar-refractivity contribution in [3.05, 3.63) is 29.7 Å². The zero-order valence-corrected chi connectivity index (χ0v) is 12.0. The van der Waals surface area contributed by atoms with Crippen LogP contribution in [0.15, 0.2) is 34.6 Å². The lowest BCUT2D eigenvalue weighted by Gasteiger charge is -2.19. The highest BCUT2D eigenvalue weighted by atomic mass is 32.2. The third kappa shape index (κ3) is 3.67. The Labute approximate surface area is 116 Å². The van der Waals surface area contributed by atoms with Gasteiger partial charge in [-0.3, -0.25) is 0 Å². The lowest BCUT2D eigenvalue weighted by atomic mass is 10.2. The number of ether oxygens (including phenoxy) is 3. The molecule has 4 nitrogen and oxygen atoms in total. The largest absolute Gasteiger partial charge is 0.456 e. The zero-order chi connectivity index (χ0) is 14.0. The average Bonchev–Trinajstić information content (AvgIpc) is 2.73. The second-order valence-electron chi connectivity index (χ2n) is 5.04. The van der Waals surface area contributed by atoms with E-state index >= 15 is 0 Å². The maximum absolute atomic E-state index is 11.8. The first-order valence-electron chi connectivity index (χ1n) is 5.85. The Hall–Kier alpha value is -1.62. The number of hydrogen-bond donors (Lipinski definition) is 0. The van der Waals surface area contributed by atoms with E-state index in [0.29, 0.717) is 16.4 Å². The van der Waals surface area contributed by atoms with Crippen LogP contribution in [0.2, 0.25) is 0 Å². The van der Waals surface area contributed by atoms with Gasteiger partial charge in [-0.05, 0) is 39.0 Å². The molecule has 2 rings (SSSR count). The fraction of sp³-hybridized carbons (Fsp3) is 0.357. The van der Waals surface area contributed by atoms with E-state index in [1.807, 2.05) is 39.0 Å². The summed E-state index contributed by atoms with van der Waals surface area (Å²) in [6, 6.07) is 5.49. The standard InChI is InChI=1S/C14H16O4S/c1-9(13(15)18-14(2,3)4)19-10-5-6-11-12(7-10)17-8-16-11/h5-7H,1,8H2,2-4H3. The SMILES string of the molecule is C=C(Sc1ccc2c(c1)OCO2)C(=O)OC(C)(C)C. The van der Waals surface area contributed by atoms with Crippen LogP contribution in [0.3, 0.4) is 0 Å². The molecule has 102 valence electrons. The summed E-state index contributed by atoms with van der Waals surface area (Å²) in [4.78, 5) is 13.0. The monoisotopic (exact) mass is 280 g/mol. The third-order valence-electron chi connectivity index (χ3n) is 2.21. The number of rotatable bonds is 3. The number of carbonyl (C=O) groups is 1. The molecule has 0 N–H and O–H groups in total. The smallest absolute Gasteiger partial charge is 0.344 e. The van der Waals surface area contributed by atoms with Crippen LogP contribution in [0.1, 0.15) is 20.8 Å². The summed E-state index contributed by atoms with van der Waals surface area (Å²) in [5, 5.41) is 0. The summed E-state index contributed by atoms with van der Waals surface area (Å²) in [7, 11) is 0. The van der Waals surface area contributed by atoms with Gasteiger partial charge in [0, 0.05) is 4.90 Å². The Morgan fingerprint density at radius 1 is 1.32 bits per heavy atom. The Kier molecular flexibility index (Phi) is 3.75. The molecule has 1 aromatic carbocycles. The summed E-state index contributed by atoms with van der Waals surface area (Å²) in [6.07, 6.45) is 0. The lowest BCUT2D eigenvalue weighted by Crippen LogP contribution is -2.24. The highest BCUT2D eigenvalue weighted by Gasteiger charge is 2.20. The Morgan fingerprint density at radius 3 is 2.68 bits per heavy atom. The van der Waals surface area contributed by atoms with E-state index < -0.39 is 11.6 Å². The minimum atomic E-state index is -0.518. The minimum Gasteiger partial charge on any atom is -0.456 e. The molecule has 0 unspecified atom stereocenters. The van der Waals surface area contributed by atoms with Gasteiger partial charge < -0.3 is 14.2 Å². The topological polar surface area (TPSA) is 44.8 Å². The van der Waals surface area contributed by atoms with Crippen molar-refractivity contribution in [2.24, 2.45) is 0 Å². The first kappa shape index (κ1) is 13.8. The van der Waals surface area contributed by atoms with Crippen molar-refractivity contribution >= 4 is 17.7 Å². The number of benzene rings is 1. The molecule has 1 aliphatic rings. The fourth-order valence-electron chi connectivity index (χ4n) is 1.46. The predicted molar refractivity (Wildman–Crippen MR) is 73.4 cm³/mol. The number of fused-ring (bicyclic) bond motifs is 1. The van der Waals surface area contributed by atoms with Gasteiger partial charge in [0.2, 0.25) is 6.79 Å². The zero-order valence-electron chi connectivity index (χ0n) is 11.2. The molecule has 0 fully saturated rings. The second kappa shape index (κ2) is 5.17. The van der Waals surface area contributed by atoms with Crippen molar-refractivity contribution in [3.63, 3.8) is 0 Å². The quantitative estimate of drug-likeness (QED) is 0.482. The number of esters is 1. The normalized spacial score (nSPS) is 13.2. The molecule has 0 saturated heterocycles. The lowest BCUT2D eigenvalue weighted by molar-refractivity contribution is -0.148. The van der Waals surface area contributed by atoms with Gasteiger partial charge >= 0.3 is 5.97 Å². The van der Waals surface area contributed by atoms with Gasteiger partial charge in [-0.25, -0.2) is 4.79 Å².